The Hall–Kier alpha value is -3.17. The van der Waals surface area contributed by atoms with E-state index in [2.05, 4.69) is 26.2 Å². The van der Waals surface area contributed by atoms with Crippen LogP contribution in [0.1, 0.15) is 0 Å². The molecule has 1 amide bonds. The van der Waals surface area contributed by atoms with E-state index in [1.807, 2.05) is 29.6 Å². The number of benzene rings is 2. The maximum Gasteiger partial charge on any atom is 0.263 e. The topological polar surface area (TPSA) is 82.4 Å². The number of carbonyl (C=O) groups excluding carboxylic acids is 1. The van der Waals surface area contributed by atoms with Crippen molar-refractivity contribution < 1.29 is 14.3 Å². The Morgan fingerprint density at radius 1 is 1.16 bits per heavy atom. The van der Waals surface area contributed by atoms with E-state index in [9.17, 15) is 9.59 Å². The molecule has 2 heterocycles. The first-order valence-corrected chi connectivity index (χ1v) is 10.9. The lowest BCUT2D eigenvalue weighted by Gasteiger charge is -2.12. The molecule has 0 saturated heterocycles. The number of anilines is 1. The first-order chi connectivity index (χ1) is 15.0. The Morgan fingerprint density at radius 3 is 2.65 bits per heavy atom. The van der Waals surface area contributed by atoms with Gasteiger partial charge in [-0.3, -0.25) is 14.2 Å². The van der Waals surface area contributed by atoms with Crippen molar-refractivity contribution in [2.45, 2.75) is 6.54 Å². The molecule has 158 valence electrons. The molecule has 0 unspecified atom stereocenters. The molecular weight excluding hydrogens is 482 g/mol. The van der Waals surface area contributed by atoms with Crippen LogP contribution in [0.4, 0.5) is 5.69 Å². The Kier molecular flexibility index (Phi) is 6.06. The van der Waals surface area contributed by atoms with E-state index in [0.29, 0.717) is 27.4 Å². The molecule has 4 aromatic rings. The molecule has 1 N–H and O–H groups in total. The third-order valence-corrected chi connectivity index (χ3v) is 6.13. The van der Waals surface area contributed by atoms with Gasteiger partial charge in [-0.2, -0.15) is 0 Å². The highest BCUT2D eigenvalue weighted by Crippen LogP contribution is 2.31. The fourth-order valence-corrected chi connectivity index (χ4v) is 4.35. The van der Waals surface area contributed by atoms with Gasteiger partial charge < -0.3 is 14.8 Å². The molecule has 0 atom stereocenters. The molecule has 0 bridgehead atoms. The van der Waals surface area contributed by atoms with Crippen molar-refractivity contribution in [2.24, 2.45) is 0 Å². The van der Waals surface area contributed by atoms with Crippen molar-refractivity contribution in [3.8, 4) is 22.6 Å². The first kappa shape index (κ1) is 21.1. The summed E-state index contributed by atoms with van der Waals surface area (Å²) in [5, 5.41) is 5.18. The van der Waals surface area contributed by atoms with Crippen LogP contribution >= 0.6 is 27.3 Å². The Bertz CT molecular complexity index is 1310. The highest BCUT2D eigenvalue weighted by Gasteiger charge is 2.16. The smallest absolute Gasteiger partial charge is 0.263 e. The number of thiophene rings is 1. The van der Waals surface area contributed by atoms with Crippen molar-refractivity contribution in [3.05, 3.63) is 69.0 Å². The second-order valence-corrected chi connectivity index (χ2v) is 8.40. The summed E-state index contributed by atoms with van der Waals surface area (Å²) in [6.07, 6.45) is 1.40. The van der Waals surface area contributed by atoms with Gasteiger partial charge in [0.1, 0.15) is 22.9 Å². The minimum absolute atomic E-state index is 0.183. The summed E-state index contributed by atoms with van der Waals surface area (Å²) in [6, 6.07) is 12.8. The van der Waals surface area contributed by atoms with Gasteiger partial charge in [0.2, 0.25) is 5.91 Å². The molecule has 0 fully saturated rings. The lowest BCUT2D eigenvalue weighted by molar-refractivity contribution is -0.116. The largest absolute Gasteiger partial charge is 0.497 e. The van der Waals surface area contributed by atoms with Gasteiger partial charge in [-0.1, -0.05) is 28.1 Å². The molecule has 0 aliphatic heterocycles. The second kappa shape index (κ2) is 8.91. The van der Waals surface area contributed by atoms with Crippen molar-refractivity contribution in [3.63, 3.8) is 0 Å². The van der Waals surface area contributed by atoms with Gasteiger partial charge in [0.05, 0.1) is 31.6 Å². The molecular formula is C22H18BrN3O4S. The number of nitrogens with zero attached hydrogens (tertiary/aromatic N) is 2. The van der Waals surface area contributed by atoms with Crippen LogP contribution in [0.25, 0.3) is 21.3 Å². The fraction of sp³-hybridized carbons (Fsp3) is 0.136. The lowest BCUT2D eigenvalue weighted by Crippen LogP contribution is -2.28. The van der Waals surface area contributed by atoms with Gasteiger partial charge in [-0.05, 0) is 29.8 Å². The maximum absolute atomic E-state index is 13.2. The summed E-state index contributed by atoms with van der Waals surface area (Å²) in [4.78, 5) is 30.8. The van der Waals surface area contributed by atoms with E-state index in [1.165, 1.54) is 36.5 Å². The summed E-state index contributed by atoms with van der Waals surface area (Å²) in [5.74, 6) is 0.689. The SMILES string of the molecule is COc1ccc(OC)c(NC(=O)Cn2cnc3scc(-c4ccc(Br)cc4)c3c2=O)c1. The summed E-state index contributed by atoms with van der Waals surface area (Å²) < 4.78 is 12.7. The van der Waals surface area contributed by atoms with Crippen LogP contribution in [-0.4, -0.2) is 29.7 Å². The molecule has 4 rings (SSSR count). The average Bonchev–Trinajstić information content (AvgIpc) is 3.21. The van der Waals surface area contributed by atoms with Crippen LogP contribution in [0.3, 0.4) is 0 Å². The number of hydrogen-bond donors (Lipinski definition) is 1. The van der Waals surface area contributed by atoms with Gasteiger partial charge in [0.25, 0.3) is 5.56 Å². The van der Waals surface area contributed by atoms with Crippen molar-refractivity contribution in [1.29, 1.82) is 0 Å². The minimum Gasteiger partial charge on any atom is -0.497 e. The first-order valence-electron chi connectivity index (χ1n) is 9.24. The Morgan fingerprint density at radius 2 is 1.94 bits per heavy atom. The predicted octanol–water partition coefficient (Wildman–Crippen LogP) is 4.54. The molecule has 0 aliphatic carbocycles. The number of ether oxygens (including phenoxy) is 2. The summed E-state index contributed by atoms with van der Waals surface area (Å²) in [6.45, 7) is -0.183. The van der Waals surface area contributed by atoms with Crippen LogP contribution in [-0.2, 0) is 11.3 Å². The molecule has 31 heavy (non-hydrogen) atoms. The summed E-state index contributed by atoms with van der Waals surface area (Å²) >= 11 is 4.82. The number of rotatable bonds is 6. The number of fused-ring (bicyclic) bond motifs is 1. The summed E-state index contributed by atoms with van der Waals surface area (Å²) in [7, 11) is 3.05. The van der Waals surface area contributed by atoms with E-state index in [-0.39, 0.29) is 18.0 Å². The van der Waals surface area contributed by atoms with E-state index in [0.717, 1.165) is 15.6 Å². The molecule has 7 nitrogen and oxygen atoms in total. The zero-order valence-corrected chi connectivity index (χ0v) is 19.1. The number of halogens is 1. The second-order valence-electron chi connectivity index (χ2n) is 6.63. The zero-order valence-electron chi connectivity index (χ0n) is 16.7. The lowest BCUT2D eigenvalue weighted by atomic mass is 10.1. The van der Waals surface area contributed by atoms with E-state index in [4.69, 9.17) is 9.47 Å². The van der Waals surface area contributed by atoms with Gasteiger partial charge in [0.15, 0.2) is 0 Å². The monoisotopic (exact) mass is 499 g/mol. The predicted molar refractivity (Wildman–Crippen MR) is 125 cm³/mol. The van der Waals surface area contributed by atoms with E-state index >= 15 is 0 Å². The third-order valence-electron chi connectivity index (χ3n) is 4.71. The standard InChI is InChI=1S/C22H18BrN3O4S/c1-29-15-7-8-18(30-2)17(9-15)25-19(27)10-26-12-24-21-20(22(26)28)16(11-31-21)13-3-5-14(23)6-4-13/h3-9,11-12H,10H2,1-2H3,(H,25,27). The zero-order chi connectivity index (χ0) is 22.0. The van der Waals surface area contributed by atoms with Gasteiger partial charge in [-0.15, -0.1) is 11.3 Å². The number of aromatic nitrogens is 2. The van der Waals surface area contributed by atoms with Crippen LogP contribution in [0, 0.1) is 0 Å². The molecule has 9 heteroatoms. The highest BCUT2D eigenvalue weighted by molar-refractivity contribution is 9.10. The number of methoxy groups -OCH3 is 2. The van der Waals surface area contributed by atoms with Crippen LogP contribution in [0.2, 0.25) is 0 Å². The van der Waals surface area contributed by atoms with Crippen molar-refractivity contribution in [2.75, 3.05) is 19.5 Å². The number of hydrogen-bond acceptors (Lipinski definition) is 6. The van der Waals surface area contributed by atoms with Crippen molar-refractivity contribution in [1.82, 2.24) is 9.55 Å². The van der Waals surface area contributed by atoms with E-state index in [1.54, 1.807) is 18.2 Å². The molecule has 0 spiro atoms. The molecule has 0 radical (unpaired) electrons. The van der Waals surface area contributed by atoms with Gasteiger partial charge in [-0.25, -0.2) is 4.98 Å². The third kappa shape index (κ3) is 4.33. The van der Waals surface area contributed by atoms with Gasteiger partial charge in [0, 0.05) is 21.5 Å². The van der Waals surface area contributed by atoms with Crippen LogP contribution in [0.5, 0.6) is 11.5 Å². The molecule has 2 aromatic heterocycles. The Labute approximate surface area is 190 Å². The van der Waals surface area contributed by atoms with Crippen LogP contribution < -0.4 is 20.3 Å². The summed E-state index contributed by atoms with van der Waals surface area (Å²) in [5.41, 5.74) is 1.91. The van der Waals surface area contributed by atoms with Crippen LogP contribution in [0.15, 0.2) is 63.4 Å². The van der Waals surface area contributed by atoms with Gasteiger partial charge >= 0.3 is 0 Å². The number of nitrogens with one attached hydrogen (secondary N) is 1. The molecule has 0 saturated carbocycles. The molecule has 0 aliphatic rings. The fourth-order valence-electron chi connectivity index (χ4n) is 3.18. The average molecular weight is 500 g/mol. The number of amides is 1. The quantitative estimate of drug-likeness (QED) is 0.420. The number of carbonyl (C=O) groups is 1. The van der Waals surface area contributed by atoms with E-state index < -0.39 is 0 Å². The highest BCUT2D eigenvalue weighted by atomic mass is 79.9. The Balaban J connectivity index is 1.64. The maximum atomic E-state index is 13.2. The normalized spacial score (nSPS) is 10.8. The van der Waals surface area contributed by atoms with Crippen molar-refractivity contribution >= 4 is 49.1 Å². The minimum atomic E-state index is -0.379. The molecule has 2 aromatic carbocycles.